The van der Waals surface area contributed by atoms with Crippen LogP contribution in [-0.2, 0) is 4.79 Å². The summed E-state index contributed by atoms with van der Waals surface area (Å²) in [6, 6.07) is 13.1. The Morgan fingerprint density at radius 2 is 1.77 bits per heavy atom. The molecule has 1 heterocycles. The van der Waals surface area contributed by atoms with Gasteiger partial charge in [0.15, 0.2) is 5.17 Å². The van der Waals surface area contributed by atoms with Crippen molar-refractivity contribution in [3.05, 3.63) is 61.9 Å². The third-order valence-electron chi connectivity index (χ3n) is 3.67. The number of amides is 1. The normalized spacial score (nSPS) is 17.7. The fraction of sp³-hybridized carbons (Fsp3) is 0.158. The first-order chi connectivity index (χ1) is 12.4. The average Bonchev–Trinajstić information content (AvgIpc) is 2.89. The molecule has 4 nitrogen and oxygen atoms in total. The molecule has 0 bridgehead atoms. The van der Waals surface area contributed by atoms with Crippen molar-refractivity contribution in [2.75, 3.05) is 0 Å². The van der Waals surface area contributed by atoms with Gasteiger partial charge in [-0.05, 0) is 93.4 Å². The number of halogens is 2. The van der Waals surface area contributed by atoms with Crippen LogP contribution in [0.4, 0.5) is 5.69 Å². The van der Waals surface area contributed by atoms with Gasteiger partial charge in [-0.2, -0.15) is 0 Å². The van der Waals surface area contributed by atoms with E-state index in [1.807, 2.05) is 50.3 Å². The van der Waals surface area contributed by atoms with E-state index in [0.29, 0.717) is 19.0 Å². The van der Waals surface area contributed by atoms with Crippen molar-refractivity contribution < 1.29 is 9.90 Å². The number of amidine groups is 1. The predicted octanol–water partition coefficient (Wildman–Crippen LogP) is 5.93. The van der Waals surface area contributed by atoms with Crippen LogP contribution in [0.3, 0.4) is 0 Å². The molecule has 1 fully saturated rings. The topological polar surface area (TPSA) is 52.9 Å². The standard InChI is InChI=1S/C19H16Br2N2O2S/c1-11(2)23-18(25)16(10-12-8-14(20)17(24)15(21)9-12)26-19(23)22-13-6-4-3-5-7-13/h3-11,24H,1-2H3. The molecule has 1 aliphatic heterocycles. The van der Waals surface area contributed by atoms with Crippen molar-refractivity contribution in [3.63, 3.8) is 0 Å². The highest BCUT2D eigenvalue weighted by Gasteiger charge is 2.35. The summed E-state index contributed by atoms with van der Waals surface area (Å²) in [5.74, 6) is 0.0627. The van der Waals surface area contributed by atoms with Crippen molar-refractivity contribution in [1.82, 2.24) is 4.90 Å². The Bertz CT molecular complexity index is 888. The molecule has 0 aliphatic carbocycles. The highest BCUT2D eigenvalue weighted by molar-refractivity contribution is 9.11. The molecule has 0 aromatic heterocycles. The molecule has 1 N–H and O–H groups in total. The number of aromatic hydroxyl groups is 1. The van der Waals surface area contributed by atoms with Crippen LogP contribution in [0.2, 0.25) is 0 Å². The lowest BCUT2D eigenvalue weighted by Gasteiger charge is -2.19. The van der Waals surface area contributed by atoms with E-state index in [-0.39, 0.29) is 17.7 Å². The Kier molecular flexibility index (Phi) is 5.89. The maximum absolute atomic E-state index is 12.9. The molecule has 3 rings (SSSR count). The monoisotopic (exact) mass is 494 g/mol. The second-order valence-electron chi connectivity index (χ2n) is 5.94. The molecular weight excluding hydrogens is 480 g/mol. The van der Waals surface area contributed by atoms with E-state index in [4.69, 9.17) is 0 Å². The van der Waals surface area contributed by atoms with E-state index < -0.39 is 0 Å². The van der Waals surface area contributed by atoms with Crippen molar-refractivity contribution >= 4 is 66.5 Å². The molecule has 26 heavy (non-hydrogen) atoms. The Morgan fingerprint density at radius 1 is 1.15 bits per heavy atom. The molecule has 134 valence electrons. The van der Waals surface area contributed by atoms with Crippen LogP contribution in [-0.4, -0.2) is 27.1 Å². The number of aliphatic imine (C=N–C) groups is 1. The maximum atomic E-state index is 12.9. The molecule has 0 unspecified atom stereocenters. The SMILES string of the molecule is CC(C)N1C(=O)C(=Cc2cc(Br)c(O)c(Br)c2)SC1=Nc1ccccc1. The Morgan fingerprint density at radius 3 is 2.35 bits per heavy atom. The lowest BCUT2D eigenvalue weighted by atomic mass is 10.2. The number of nitrogens with zero attached hydrogens (tertiary/aromatic N) is 2. The van der Waals surface area contributed by atoms with E-state index in [1.54, 1.807) is 17.0 Å². The first-order valence-corrected chi connectivity index (χ1v) is 10.3. The number of rotatable bonds is 3. The Hall–Kier alpha value is -1.57. The van der Waals surface area contributed by atoms with Crippen LogP contribution in [0, 0.1) is 0 Å². The summed E-state index contributed by atoms with van der Waals surface area (Å²) in [4.78, 5) is 19.8. The molecule has 1 aliphatic rings. The van der Waals surface area contributed by atoms with Crippen molar-refractivity contribution in [3.8, 4) is 5.75 Å². The number of phenolic OH excluding ortho intramolecular Hbond substituents is 1. The zero-order valence-corrected chi connectivity index (χ0v) is 18.1. The van der Waals surface area contributed by atoms with Gasteiger partial charge in [0, 0.05) is 6.04 Å². The number of phenols is 1. The van der Waals surface area contributed by atoms with Gasteiger partial charge in [0.25, 0.3) is 5.91 Å². The Labute approximate surface area is 173 Å². The summed E-state index contributed by atoms with van der Waals surface area (Å²) in [6.45, 7) is 3.94. The minimum absolute atomic E-state index is 0.00153. The van der Waals surface area contributed by atoms with Gasteiger partial charge in [0.05, 0.1) is 19.5 Å². The van der Waals surface area contributed by atoms with Crippen molar-refractivity contribution in [1.29, 1.82) is 0 Å². The first-order valence-electron chi connectivity index (χ1n) is 7.91. The number of carbonyl (C=O) groups excluding carboxylic acids is 1. The Balaban J connectivity index is 2.00. The first kappa shape index (κ1) is 19.2. The summed E-state index contributed by atoms with van der Waals surface area (Å²) < 4.78 is 1.13. The van der Waals surface area contributed by atoms with Gasteiger partial charge in [-0.3, -0.25) is 9.69 Å². The van der Waals surface area contributed by atoms with E-state index in [9.17, 15) is 9.90 Å². The summed E-state index contributed by atoms with van der Waals surface area (Å²) in [5.41, 5.74) is 1.62. The summed E-state index contributed by atoms with van der Waals surface area (Å²) in [5, 5.41) is 10.5. The van der Waals surface area contributed by atoms with Crippen LogP contribution >= 0.6 is 43.6 Å². The van der Waals surface area contributed by atoms with E-state index in [0.717, 1.165) is 11.3 Å². The van der Waals surface area contributed by atoms with E-state index >= 15 is 0 Å². The quantitative estimate of drug-likeness (QED) is 0.537. The number of benzene rings is 2. The smallest absolute Gasteiger partial charge is 0.266 e. The van der Waals surface area contributed by atoms with Crippen LogP contribution in [0.25, 0.3) is 6.08 Å². The van der Waals surface area contributed by atoms with E-state index in [2.05, 4.69) is 36.9 Å². The fourth-order valence-electron chi connectivity index (χ4n) is 2.45. The summed E-state index contributed by atoms with van der Waals surface area (Å²) in [7, 11) is 0. The van der Waals surface area contributed by atoms with E-state index in [1.165, 1.54) is 11.8 Å². The average molecular weight is 496 g/mol. The van der Waals surface area contributed by atoms with Gasteiger partial charge < -0.3 is 5.11 Å². The van der Waals surface area contributed by atoms with Gasteiger partial charge in [0.1, 0.15) is 5.75 Å². The molecule has 2 aromatic rings. The zero-order valence-electron chi connectivity index (χ0n) is 14.1. The van der Waals surface area contributed by atoms with Gasteiger partial charge in [-0.15, -0.1) is 0 Å². The molecule has 2 aromatic carbocycles. The van der Waals surface area contributed by atoms with Crippen molar-refractivity contribution in [2.45, 2.75) is 19.9 Å². The predicted molar refractivity (Wildman–Crippen MR) is 115 cm³/mol. The molecule has 1 amide bonds. The molecule has 0 saturated carbocycles. The maximum Gasteiger partial charge on any atom is 0.266 e. The van der Waals surface area contributed by atoms with Crippen LogP contribution in [0.15, 0.2) is 61.3 Å². The summed E-state index contributed by atoms with van der Waals surface area (Å²) >= 11 is 7.99. The van der Waals surface area contributed by atoms with Gasteiger partial charge in [-0.25, -0.2) is 4.99 Å². The molecule has 7 heteroatoms. The number of para-hydroxylation sites is 1. The highest BCUT2D eigenvalue weighted by atomic mass is 79.9. The lowest BCUT2D eigenvalue weighted by molar-refractivity contribution is -0.123. The molecule has 0 atom stereocenters. The minimum atomic E-state index is -0.0694. The zero-order chi connectivity index (χ0) is 18.8. The van der Waals surface area contributed by atoms with Gasteiger partial charge in [-0.1, -0.05) is 18.2 Å². The van der Waals surface area contributed by atoms with Gasteiger partial charge >= 0.3 is 0 Å². The number of hydrogen-bond donors (Lipinski definition) is 1. The molecule has 0 spiro atoms. The number of thioether (sulfide) groups is 1. The summed E-state index contributed by atoms with van der Waals surface area (Å²) in [6.07, 6.45) is 1.81. The molecule has 1 saturated heterocycles. The van der Waals surface area contributed by atoms with Crippen molar-refractivity contribution in [2.24, 2.45) is 4.99 Å². The fourth-order valence-corrected chi connectivity index (χ4v) is 4.80. The second-order valence-corrected chi connectivity index (χ2v) is 8.66. The van der Waals surface area contributed by atoms with Crippen LogP contribution < -0.4 is 0 Å². The number of hydrogen-bond acceptors (Lipinski definition) is 4. The number of carbonyl (C=O) groups is 1. The minimum Gasteiger partial charge on any atom is -0.506 e. The largest absolute Gasteiger partial charge is 0.506 e. The van der Waals surface area contributed by atoms with Gasteiger partial charge in [0.2, 0.25) is 0 Å². The molecule has 0 radical (unpaired) electrons. The third kappa shape index (κ3) is 4.05. The highest BCUT2D eigenvalue weighted by Crippen LogP contribution is 2.38. The second kappa shape index (κ2) is 7.98. The van der Waals surface area contributed by atoms with Crippen LogP contribution in [0.5, 0.6) is 5.75 Å². The van der Waals surface area contributed by atoms with Crippen LogP contribution in [0.1, 0.15) is 19.4 Å². The lowest BCUT2D eigenvalue weighted by Crippen LogP contribution is -2.35. The molecular formula is C19H16Br2N2O2S. The third-order valence-corrected chi connectivity index (χ3v) is 5.86.